The van der Waals surface area contributed by atoms with E-state index in [0.29, 0.717) is 17.6 Å². The minimum absolute atomic E-state index is 0.274. The van der Waals surface area contributed by atoms with Gasteiger partial charge in [-0.15, -0.1) is 22.7 Å². The van der Waals surface area contributed by atoms with Gasteiger partial charge in [-0.25, -0.2) is 13.4 Å². The lowest BCUT2D eigenvalue weighted by molar-refractivity contribution is 0.603. The van der Waals surface area contributed by atoms with E-state index < -0.39 is 10.0 Å². The zero-order chi connectivity index (χ0) is 13.5. The summed E-state index contributed by atoms with van der Waals surface area (Å²) >= 11 is 2.50. The molecule has 0 bridgehead atoms. The van der Waals surface area contributed by atoms with E-state index in [-0.39, 0.29) is 4.21 Å². The van der Waals surface area contributed by atoms with Crippen molar-refractivity contribution in [3.63, 3.8) is 0 Å². The van der Waals surface area contributed by atoms with Crippen molar-refractivity contribution in [1.82, 2.24) is 4.98 Å². The van der Waals surface area contributed by atoms with Crippen LogP contribution in [0.3, 0.4) is 0 Å². The van der Waals surface area contributed by atoms with Crippen molar-refractivity contribution in [2.45, 2.75) is 29.5 Å². The first kappa shape index (κ1) is 13.0. The maximum Gasteiger partial charge on any atom is 0.273 e. The number of nitrogens with zero attached hydrogens (tertiary/aromatic N) is 1. The molecule has 0 saturated heterocycles. The molecule has 0 spiro atoms. The van der Waals surface area contributed by atoms with Crippen molar-refractivity contribution < 1.29 is 8.42 Å². The number of sulfonamides is 1. The first-order valence-electron chi connectivity index (χ1n) is 5.84. The maximum atomic E-state index is 12.2. The summed E-state index contributed by atoms with van der Waals surface area (Å²) < 4.78 is 27.1. The molecule has 1 aliphatic carbocycles. The lowest BCUT2D eigenvalue weighted by Gasteiger charge is -2.01. The predicted octanol–water partition coefficient (Wildman–Crippen LogP) is 2.34. The van der Waals surface area contributed by atoms with Crippen molar-refractivity contribution in [3.05, 3.63) is 28.1 Å². The van der Waals surface area contributed by atoms with E-state index >= 15 is 0 Å². The van der Waals surface area contributed by atoms with Crippen molar-refractivity contribution in [3.8, 4) is 0 Å². The molecule has 3 N–H and O–H groups in total. The van der Waals surface area contributed by atoms with E-state index in [0.717, 1.165) is 24.1 Å². The highest BCUT2D eigenvalue weighted by molar-refractivity contribution is 7.94. The molecule has 2 aromatic rings. The Hall–Kier alpha value is -0.960. The highest BCUT2D eigenvalue weighted by atomic mass is 32.2. The molecule has 0 amide bonds. The minimum atomic E-state index is -3.53. The Bertz CT molecular complexity index is 686. The predicted molar refractivity (Wildman–Crippen MR) is 77.1 cm³/mol. The lowest BCUT2D eigenvalue weighted by Crippen LogP contribution is -2.11. The number of anilines is 1. The van der Waals surface area contributed by atoms with Crippen molar-refractivity contribution in [1.29, 1.82) is 0 Å². The third-order valence-corrected chi connectivity index (χ3v) is 6.60. The van der Waals surface area contributed by atoms with Gasteiger partial charge in [0.05, 0.1) is 5.69 Å². The third-order valence-electron chi connectivity index (χ3n) is 2.87. The molecule has 1 saturated carbocycles. The Balaban J connectivity index is 1.79. The summed E-state index contributed by atoms with van der Waals surface area (Å²) in [6, 6.07) is 1.60. The van der Waals surface area contributed by atoms with Crippen LogP contribution in [0, 0.1) is 0 Å². The first-order valence-corrected chi connectivity index (χ1v) is 9.08. The largest absolute Gasteiger partial charge is 0.326 e. The summed E-state index contributed by atoms with van der Waals surface area (Å²) in [6.45, 7) is 0.342. The fourth-order valence-corrected chi connectivity index (χ4v) is 4.93. The summed E-state index contributed by atoms with van der Waals surface area (Å²) in [6.07, 6.45) is 2.31. The third kappa shape index (κ3) is 2.81. The number of thiophene rings is 1. The fraction of sp³-hybridized carbons (Fsp3) is 0.364. The standard InChI is InChI=1S/C11H13N3O2S3/c12-4-7-3-10(17-5-7)19(15,16)14-11-13-9(6-18-11)8-1-2-8/h3,5-6,8H,1-2,4,12H2,(H,13,14). The van der Waals surface area contributed by atoms with Gasteiger partial charge in [-0.2, -0.15) is 0 Å². The zero-order valence-corrected chi connectivity index (χ0v) is 12.4. The molecule has 2 heterocycles. The van der Waals surface area contributed by atoms with Crippen molar-refractivity contribution >= 4 is 37.8 Å². The Morgan fingerprint density at radius 1 is 1.37 bits per heavy atom. The molecule has 3 rings (SSSR count). The SMILES string of the molecule is NCc1csc(S(=O)(=O)Nc2nc(C3CC3)cs2)c1. The van der Waals surface area contributed by atoms with Gasteiger partial charge >= 0.3 is 0 Å². The fourth-order valence-electron chi connectivity index (χ4n) is 1.67. The Morgan fingerprint density at radius 2 is 2.16 bits per heavy atom. The number of hydrogen-bond acceptors (Lipinski definition) is 6. The van der Waals surface area contributed by atoms with Gasteiger partial charge in [0.15, 0.2) is 5.13 Å². The van der Waals surface area contributed by atoms with Crippen LogP contribution in [-0.4, -0.2) is 13.4 Å². The summed E-state index contributed by atoms with van der Waals surface area (Å²) in [4.78, 5) is 4.32. The average Bonchev–Trinajstić information content (AvgIpc) is 2.92. The summed E-state index contributed by atoms with van der Waals surface area (Å²) in [5, 5.41) is 4.12. The van der Waals surface area contributed by atoms with E-state index in [1.54, 1.807) is 11.4 Å². The molecule has 102 valence electrons. The highest BCUT2D eigenvalue weighted by Gasteiger charge is 2.27. The monoisotopic (exact) mass is 315 g/mol. The number of hydrogen-bond donors (Lipinski definition) is 2. The van der Waals surface area contributed by atoms with E-state index in [4.69, 9.17) is 5.73 Å². The van der Waals surface area contributed by atoms with Gasteiger partial charge in [0.2, 0.25) is 0 Å². The Kier molecular flexibility index (Phi) is 3.34. The van der Waals surface area contributed by atoms with Gasteiger partial charge in [-0.3, -0.25) is 4.72 Å². The van der Waals surface area contributed by atoms with E-state index in [9.17, 15) is 8.42 Å². The summed E-state index contributed by atoms with van der Waals surface area (Å²) in [5.41, 5.74) is 7.30. The molecule has 2 aromatic heterocycles. The van der Waals surface area contributed by atoms with Crippen molar-refractivity contribution in [2.24, 2.45) is 5.73 Å². The average molecular weight is 315 g/mol. The van der Waals surface area contributed by atoms with Crippen LogP contribution in [0.1, 0.15) is 30.0 Å². The van der Waals surface area contributed by atoms with Crippen molar-refractivity contribution in [2.75, 3.05) is 4.72 Å². The van der Waals surface area contributed by atoms with Gasteiger partial charge in [-0.05, 0) is 29.9 Å². The van der Waals surface area contributed by atoms with Gasteiger partial charge in [0, 0.05) is 17.8 Å². The molecule has 0 unspecified atom stereocenters. The molecule has 1 fully saturated rings. The van der Waals surface area contributed by atoms with Gasteiger partial charge in [-0.1, -0.05) is 0 Å². The Morgan fingerprint density at radius 3 is 2.79 bits per heavy atom. The first-order chi connectivity index (χ1) is 9.08. The molecule has 5 nitrogen and oxygen atoms in total. The highest BCUT2D eigenvalue weighted by Crippen LogP contribution is 2.41. The smallest absolute Gasteiger partial charge is 0.273 e. The number of nitrogens with two attached hydrogens (primary N) is 1. The second-order valence-electron chi connectivity index (χ2n) is 4.44. The molecule has 1 aliphatic rings. The second kappa shape index (κ2) is 4.86. The lowest BCUT2D eigenvalue weighted by atomic mass is 10.3. The second-order valence-corrected chi connectivity index (χ2v) is 8.11. The van der Waals surface area contributed by atoms with Gasteiger partial charge in [0.25, 0.3) is 10.0 Å². The van der Waals surface area contributed by atoms with E-state index in [2.05, 4.69) is 9.71 Å². The van der Waals surface area contributed by atoms with Gasteiger partial charge in [0.1, 0.15) is 4.21 Å². The topological polar surface area (TPSA) is 85.1 Å². The maximum absolute atomic E-state index is 12.2. The number of aromatic nitrogens is 1. The molecule has 0 atom stereocenters. The summed E-state index contributed by atoms with van der Waals surface area (Å²) in [7, 11) is -3.53. The molecule has 0 aliphatic heterocycles. The van der Waals surface area contributed by atoms with Gasteiger partial charge < -0.3 is 5.73 Å². The van der Waals surface area contributed by atoms with Crippen LogP contribution in [0.15, 0.2) is 21.0 Å². The normalized spacial score (nSPS) is 15.6. The molecular weight excluding hydrogens is 302 g/mol. The molecule has 8 heteroatoms. The molecule has 19 heavy (non-hydrogen) atoms. The number of thiazole rings is 1. The molecule has 0 radical (unpaired) electrons. The minimum Gasteiger partial charge on any atom is -0.326 e. The van der Waals surface area contributed by atoms with Crippen LogP contribution >= 0.6 is 22.7 Å². The summed E-state index contributed by atoms with van der Waals surface area (Å²) in [5.74, 6) is 0.528. The van der Waals surface area contributed by atoms with E-state index in [1.165, 1.54) is 22.7 Å². The van der Waals surface area contributed by atoms with Crippen LogP contribution in [0.2, 0.25) is 0 Å². The van der Waals surface area contributed by atoms with Crippen LogP contribution in [0.4, 0.5) is 5.13 Å². The van der Waals surface area contributed by atoms with Crippen LogP contribution in [0.25, 0.3) is 0 Å². The number of nitrogens with one attached hydrogen (secondary N) is 1. The quantitative estimate of drug-likeness (QED) is 0.887. The zero-order valence-electron chi connectivity index (χ0n) is 10.00. The Labute approximate surface area is 119 Å². The molecule has 0 aromatic carbocycles. The molecular formula is C11H13N3O2S3. The van der Waals surface area contributed by atoms with Crippen LogP contribution < -0.4 is 10.5 Å². The van der Waals surface area contributed by atoms with Crippen LogP contribution in [-0.2, 0) is 16.6 Å². The van der Waals surface area contributed by atoms with Crippen LogP contribution in [0.5, 0.6) is 0 Å². The number of rotatable bonds is 5. The van der Waals surface area contributed by atoms with E-state index in [1.807, 2.05) is 5.38 Å².